The molecule has 1 amide bonds. The molecule has 3 heterocycles. The molecular weight excluding hydrogens is 543 g/mol. The van der Waals surface area contributed by atoms with E-state index in [0.717, 1.165) is 22.5 Å². The lowest BCUT2D eigenvalue weighted by atomic mass is 10.0. The molecule has 5 rings (SSSR count). The van der Waals surface area contributed by atoms with Crippen LogP contribution in [0.5, 0.6) is 0 Å². The van der Waals surface area contributed by atoms with Crippen LogP contribution in [0, 0.1) is 6.92 Å². The lowest BCUT2D eigenvalue weighted by Gasteiger charge is -2.26. The number of ether oxygens (including phenoxy) is 1. The van der Waals surface area contributed by atoms with Crippen LogP contribution < -0.4 is 15.5 Å². The van der Waals surface area contributed by atoms with E-state index in [2.05, 4.69) is 15.6 Å². The topological polar surface area (TPSA) is 79.6 Å². The molecule has 4 aromatic rings. The second kappa shape index (κ2) is 11.1. The quantitative estimate of drug-likeness (QED) is 0.240. The average molecular weight is 567 g/mol. The van der Waals surface area contributed by atoms with Gasteiger partial charge in [-0.1, -0.05) is 29.3 Å². The molecule has 10 heteroatoms. The van der Waals surface area contributed by atoms with Crippen molar-refractivity contribution in [1.29, 1.82) is 0 Å². The molecule has 0 unspecified atom stereocenters. The monoisotopic (exact) mass is 566 g/mol. The van der Waals surface area contributed by atoms with Gasteiger partial charge in [0.25, 0.3) is 0 Å². The van der Waals surface area contributed by atoms with Crippen molar-refractivity contribution in [3.05, 3.63) is 100.0 Å². The summed E-state index contributed by atoms with van der Waals surface area (Å²) in [6, 6.07) is 20.2. The first-order chi connectivity index (χ1) is 18.4. The first-order valence-electron chi connectivity index (χ1n) is 11.8. The lowest BCUT2D eigenvalue weighted by molar-refractivity contribution is -0.119. The summed E-state index contributed by atoms with van der Waals surface area (Å²) in [7, 11) is 1.48. The fourth-order valence-electron chi connectivity index (χ4n) is 4.49. The Morgan fingerprint density at radius 1 is 1.13 bits per heavy atom. The predicted molar refractivity (Wildman–Crippen MR) is 154 cm³/mol. The summed E-state index contributed by atoms with van der Waals surface area (Å²) in [6.45, 7) is 1.91. The molecule has 194 valence electrons. The van der Waals surface area contributed by atoms with Crippen LogP contribution in [0.25, 0.3) is 11.3 Å². The number of thiocarbonyl (C=S) groups is 1. The van der Waals surface area contributed by atoms with Crippen LogP contribution in [-0.2, 0) is 9.53 Å². The molecule has 2 N–H and O–H groups in total. The maximum absolute atomic E-state index is 12.0. The van der Waals surface area contributed by atoms with Gasteiger partial charge in [0.15, 0.2) is 5.11 Å². The first kappa shape index (κ1) is 26.2. The van der Waals surface area contributed by atoms with Gasteiger partial charge in [-0.15, -0.1) is 0 Å². The summed E-state index contributed by atoms with van der Waals surface area (Å²) in [5.41, 5.74) is 4.07. The standard InChI is InChI=1S/C28H24Cl2N4O3S/c1-16-13-18(7-9-21(16)32-25(35)15-36-2)34-27(26(33-28(34)38)22-5-3-4-12-31-22)24-11-10-23(37-24)17-6-8-19(29)20(30)14-17/h3-14,26-27H,15H2,1-2H3,(H,32,35)(H,33,38)/t26-,27+/m0/s1. The van der Waals surface area contributed by atoms with Crippen molar-refractivity contribution in [2.24, 2.45) is 0 Å². The van der Waals surface area contributed by atoms with E-state index in [1.165, 1.54) is 7.11 Å². The molecule has 2 atom stereocenters. The molecule has 1 fully saturated rings. The minimum Gasteiger partial charge on any atom is -0.459 e. The molecule has 0 spiro atoms. The van der Waals surface area contributed by atoms with Crippen molar-refractivity contribution >= 4 is 57.8 Å². The Hall–Kier alpha value is -3.43. The van der Waals surface area contributed by atoms with Crippen LogP contribution in [0.3, 0.4) is 0 Å². The number of nitrogens with one attached hydrogen (secondary N) is 2. The SMILES string of the molecule is COCC(=O)Nc1ccc(N2C(=S)N[C@@H](c3ccccn3)[C@H]2c2ccc(-c3ccc(Cl)c(Cl)c3)o2)cc1C. The Balaban J connectivity index is 1.54. The molecule has 7 nitrogen and oxygen atoms in total. The highest BCUT2D eigenvalue weighted by Crippen LogP contribution is 2.43. The van der Waals surface area contributed by atoms with Crippen molar-refractivity contribution in [3.63, 3.8) is 0 Å². The molecule has 1 aliphatic rings. The van der Waals surface area contributed by atoms with E-state index in [-0.39, 0.29) is 24.6 Å². The lowest BCUT2D eigenvalue weighted by Crippen LogP contribution is -2.29. The summed E-state index contributed by atoms with van der Waals surface area (Å²) >= 11 is 18.2. The van der Waals surface area contributed by atoms with Gasteiger partial charge in [-0.25, -0.2) is 0 Å². The van der Waals surface area contributed by atoms with Crippen LogP contribution in [-0.4, -0.2) is 29.7 Å². The number of hydrogen-bond acceptors (Lipinski definition) is 5. The number of benzene rings is 2. The van der Waals surface area contributed by atoms with Gasteiger partial charge in [0.1, 0.15) is 24.2 Å². The number of aromatic nitrogens is 1. The Morgan fingerprint density at radius 2 is 1.97 bits per heavy atom. The van der Waals surface area contributed by atoms with E-state index in [1.54, 1.807) is 18.3 Å². The Morgan fingerprint density at radius 3 is 2.68 bits per heavy atom. The maximum Gasteiger partial charge on any atom is 0.250 e. The highest BCUT2D eigenvalue weighted by Gasteiger charge is 2.42. The van der Waals surface area contributed by atoms with Gasteiger partial charge in [0, 0.05) is 30.2 Å². The summed E-state index contributed by atoms with van der Waals surface area (Å²) < 4.78 is 11.3. The summed E-state index contributed by atoms with van der Waals surface area (Å²) in [4.78, 5) is 18.6. The van der Waals surface area contributed by atoms with Gasteiger partial charge in [0.05, 0.1) is 21.8 Å². The number of carbonyl (C=O) groups excluding carboxylic acids is 1. The fourth-order valence-corrected chi connectivity index (χ4v) is 5.14. The summed E-state index contributed by atoms with van der Waals surface area (Å²) in [5, 5.41) is 7.76. The largest absolute Gasteiger partial charge is 0.459 e. The van der Waals surface area contributed by atoms with E-state index in [9.17, 15) is 4.79 Å². The number of amides is 1. The van der Waals surface area contributed by atoms with Crippen LogP contribution >= 0.6 is 35.4 Å². The molecule has 0 saturated carbocycles. The van der Waals surface area contributed by atoms with E-state index in [4.69, 9.17) is 44.6 Å². The predicted octanol–water partition coefficient (Wildman–Crippen LogP) is 6.72. The molecule has 0 aliphatic carbocycles. The van der Waals surface area contributed by atoms with Gasteiger partial charge >= 0.3 is 0 Å². The average Bonchev–Trinajstić information content (AvgIpc) is 3.52. The Bertz CT molecular complexity index is 1490. The third-order valence-electron chi connectivity index (χ3n) is 6.26. The smallest absolute Gasteiger partial charge is 0.250 e. The van der Waals surface area contributed by atoms with Crippen molar-refractivity contribution in [1.82, 2.24) is 10.3 Å². The zero-order valence-electron chi connectivity index (χ0n) is 20.6. The number of anilines is 2. The van der Waals surface area contributed by atoms with Crippen LogP contribution in [0.1, 0.15) is 29.1 Å². The number of nitrogens with zero attached hydrogens (tertiary/aromatic N) is 2. The molecular formula is C28H24Cl2N4O3S. The van der Waals surface area contributed by atoms with Crippen LogP contribution in [0.15, 0.2) is 77.3 Å². The van der Waals surface area contributed by atoms with E-state index < -0.39 is 0 Å². The van der Waals surface area contributed by atoms with E-state index >= 15 is 0 Å². The minimum atomic E-state index is -0.331. The fraction of sp³-hybridized carbons (Fsp3) is 0.179. The molecule has 0 radical (unpaired) electrons. The van der Waals surface area contributed by atoms with Gasteiger partial charge < -0.3 is 24.7 Å². The highest BCUT2D eigenvalue weighted by molar-refractivity contribution is 7.80. The third kappa shape index (κ3) is 5.26. The van der Waals surface area contributed by atoms with Crippen molar-refractivity contribution in [2.75, 3.05) is 23.9 Å². The summed E-state index contributed by atoms with van der Waals surface area (Å²) in [5.74, 6) is 1.13. The maximum atomic E-state index is 12.0. The molecule has 2 aromatic heterocycles. The summed E-state index contributed by atoms with van der Waals surface area (Å²) in [6.07, 6.45) is 1.75. The molecule has 1 saturated heterocycles. The molecule has 1 aliphatic heterocycles. The number of methoxy groups -OCH3 is 1. The van der Waals surface area contributed by atoms with E-state index in [0.29, 0.717) is 32.4 Å². The molecule has 2 aromatic carbocycles. The van der Waals surface area contributed by atoms with Crippen molar-refractivity contribution in [3.8, 4) is 11.3 Å². The van der Waals surface area contributed by atoms with Gasteiger partial charge in [0.2, 0.25) is 5.91 Å². The number of pyridine rings is 1. The van der Waals surface area contributed by atoms with Crippen LogP contribution in [0.4, 0.5) is 11.4 Å². The van der Waals surface area contributed by atoms with Gasteiger partial charge in [-0.3, -0.25) is 9.78 Å². The first-order valence-corrected chi connectivity index (χ1v) is 13.0. The number of aryl methyl sites for hydroxylation is 1. The second-order valence-corrected chi connectivity index (χ2v) is 10.0. The Labute approximate surface area is 235 Å². The zero-order valence-corrected chi connectivity index (χ0v) is 22.9. The number of carbonyl (C=O) groups is 1. The van der Waals surface area contributed by atoms with Gasteiger partial charge in [-0.05, 0) is 85.4 Å². The normalized spacial score (nSPS) is 16.9. The molecule has 0 bridgehead atoms. The minimum absolute atomic E-state index is 0.0190. The van der Waals surface area contributed by atoms with Crippen molar-refractivity contribution in [2.45, 2.75) is 19.0 Å². The Kier molecular flexibility index (Phi) is 7.67. The third-order valence-corrected chi connectivity index (χ3v) is 7.31. The second-order valence-electron chi connectivity index (χ2n) is 8.81. The number of halogens is 2. The van der Waals surface area contributed by atoms with Gasteiger partial charge in [-0.2, -0.15) is 0 Å². The highest BCUT2D eigenvalue weighted by atomic mass is 35.5. The molecule has 38 heavy (non-hydrogen) atoms. The number of rotatable bonds is 7. The number of hydrogen-bond donors (Lipinski definition) is 2. The van der Waals surface area contributed by atoms with Crippen molar-refractivity contribution < 1.29 is 13.9 Å². The van der Waals surface area contributed by atoms with Crippen LogP contribution in [0.2, 0.25) is 10.0 Å². The zero-order chi connectivity index (χ0) is 26.8. The number of furan rings is 1. The van der Waals surface area contributed by atoms with E-state index in [1.807, 2.05) is 66.4 Å².